The average molecular weight is 569 g/mol. The molecule has 2 aromatic rings. The van der Waals surface area contributed by atoms with Crippen molar-refractivity contribution < 1.29 is 27.5 Å². The number of benzene rings is 1. The number of hydrogen-bond donors (Lipinski definition) is 3. The first-order chi connectivity index (χ1) is 19.4. The zero-order valence-corrected chi connectivity index (χ0v) is 22.7. The van der Waals surface area contributed by atoms with Gasteiger partial charge in [0.2, 0.25) is 5.95 Å². The molecule has 2 aliphatic rings. The summed E-state index contributed by atoms with van der Waals surface area (Å²) in [5, 5.41) is 11.0. The smallest absolute Gasteiger partial charge is 0.258 e. The van der Waals surface area contributed by atoms with Crippen molar-refractivity contribution in [2.24, 2.45) is 22.1 Å². The van der Waals surface area contributed by atoms with Crippen molar-refractivity contribution in [3.8, 4) is 11.1 Å². The Kier molecular flexibility index (Phi) is 8.81. The van der Waals surface area contributed by atoms with E-state index < -0.39 is 46.6 Å². The van der Waals surface area contributed by atoms with Crippen LogP contribution in [0.15, 0.2) is 59.3 Å². The number of nitrogens with zero attached hydrogens (tertiary/aromatic N) is 3. The molecule has 9 nitrogen and oxygen atoms in total. The monoisotopic (exact) mass is 568 g/mol. The van der Waals surface area contributed by atoms with Crippen LogP contribution in [-0.2, 0) is 20.7 Å². The van der Waals surface area contributed by atoms with Gasteiger partial charge in [0.1, 0.15) is 17.3 Å². The van der Waals surface area contributed by atoms with Gasteiger partial charge in [-0.25, -0.2) is 28.1 Å². The molecule has 12 heteroatoms. The van der Waals surface area contributed by atoms with Gasteiger partial charge in [0.05, 0.1) is 24.3 Å². The third kappa shape index (κ3) is 6.94. The maximum atomic E-state index is 14.9. The molecule has 41 heavy (non-hydrogen) atoms. The van der Waals surface area contributed by atoms with Crippen LogP contribution in [0, 0.1) is 22.6 Å². The maximum absolute atomic E-state index is 14.9. The molecule has 0 spiro atoms. The fourth-order valence-corrected chi connectivity index (χ4v) is 4.30. The molecule has 4 N–H and O–H groups in total. The van der Waals surface area contributed by atoms with Gasteiger partial charge >= 0.3 is 0 Å². The van der Waals surface area contributed by atoms with Crippen molar-refractivity contribution in [3.05, 3.63) is 65.6 Å². The molecule has 0 amide bonds. The third-order valence-corrected chi connectivity index (χ3v) is 7.17. The van der Waals surface area contributed by atoms with Crippen molar-refractivity contribution in [2.45, 2.75) is 45.5 Å². The summed E-state index contributed by atoms with van der Waals surface area (Å²) in [6, 6.07) is 4.19. The molecule has 1 aliphatic carbocycles. The highest BCUT2D eigenvalue weighted by molar-refractivity contribution is 6.45. The van der Waals surface area contributed by atoms with Gasteiger partial charge in [-0.1, -0.05) is 12.1 Å². The lowest BCUT2D eigenvalue weighted by Crippen LogP contribution is -2.34. The minimum atomic E-state index is -3.24. The summed E-state index contributed by atoms with van der Waals surface area (Å²) >= 11 is 0. The Hall–Kier alpha value is -4.19. The topological polar surface area (TPSA) is 143 Å². The summed E-state index contributed by atoms with van der Waals surface area (Å²) in [7, 11) is 0. The van der Waals surface area contributed by atoms with Crippen LogP contribution in [0.1, 0.15) is 38.7 Å². The molecule has 0 unspecified atom stereocenters. The zero-order valence-electron chi connectivity index (χ0n) is 22.7. The summed E-state index contributed by atoms with van der Waals surface area (Å²) in [5.74, 6) is -4.33. The molecule has 0 atom stereocenters. The van der Waals surface area contributed by atoms with Gasteiger partial charge in [0.15, 0.2) is 11.6 Å². The number of ether oxygens (including phenoxy) is 1. The Morgan fingerprint density at radius 2 is 1.93 bits per heavy atom. The normalized spacial score (nSPS) is 17.3. The summed E-state index contributed by atoms with van der Waals surface area (Å²) in [6.07, 6.45) is 7.68. The largest absolute Gasteiger partial charge is 0.397 e. The first-order valence-electron chi connectivity index (χ1n) is 13.1. The second-order valence-corrected chi connectivity index (χ2v) is 10.3. The summed E-state index contributed by atoms with van der Waals surface area (Å²) in [6.45, 7) is 3.91. The van der Waals surface area contributed by atoms with Gasteiger partial charge in [-0.3, -0.25) is 15.0 Å². The zero-order chi connectivity index (χ0) is 29.8. The van der Waals surface area contributed by atoms with E-state index in [1.54, 1.807) is 19.2 Å². The average Bonchev–Trinajstić information content (AvgIpc) is 3.72. The number of aromatic nitrogens is 2. The number of ketones is 2. The molecule has 1 saturated carbocycles. The molecule has 1 aromatic heterocycles. The number of alkyl halides is 2. The Bertz CT molecular complexity index is 1420. The minimum Gasteiger partial charge on any atom is -0.397 e. The van der Waals surface area contributed by atoms with E-state index in [1.165, 1.54) is 24.5 Å². The number of nitrogens with two attached hydrogens (primary N) is 1. The van der Waals surface area contributed by atoms with E-state index >= 15 is 0 Å². The number of nitrogens with one attached hydrogen (secondary N) is 2. The van der Waals surface area contributed by atoms with Crippen molar-refractivity contribution in [1.82, 2.24) is 9.97 Å². The summed E-state index contributed by atoms with van der Waals surface area (Å²) in [4.78, 5) is 37.7. The van der Waals surface area contributed by atoms with E-state index in [9.17, 15) is 22.8 Å². The van der Waals surface area contributed by atoms with Crippen molar-refractivity contribution in [1.29, 1.82) is 5.41 Å². The number of rotatable bonds is 13. The molecular weight excluding hydrogens is 537 g/mol. The van der Waals surface area contributed by atoms with Gasteiger partial charge < -0.3 is 15.8 Å². The number of allylic oxidation sites excluding steroid dienone is 3. The van der Waals surface area contributed by atoms with Crippen LogP contribution in [0.25, 0.3) is 11.1 Å². The molecule has 1 aromatic carbocycles. The van der Waals surface area contributed by atoms with E-state index in [0.717, 1.165) is 19.6 Å². The second-order valence-electron chi connectivity index (χ2n) is 10.3. The molecular formula is C29H31F3N6O3. The highest BCUT2D eigenvalue weighted by atomic mass is 19.3. The maximum Gasteiger partial charge on any atom is 0.258 e. The van der Waals surface area contributed by atoms with Crippen LogP contribution in [0.3, 0.4) is 0 Å². The van der Waals surface area contributed by atoms with E-state index in [0.29, 0.717) is 41.8 Å². The standard InChI is InChI=1S/C29H31F3N6O3/c1-3-35-25(7-4-17-15-41-16-17)38-27-36-13-20(14-37-27)18-5-6-19(21(30)10-18)11-23(39)26(34)22(33)12-24(40)29(8-9-29)28(2,31)32/h3,5-7,10,12-14,17,34H,4,8-9,11,15-16,33H2,1-2H3,(H,36,37,38)/b22-12?,25-7+,34-26?,35-3?. The van der Waals surface area contributed by atoms with Gasteiger partial charge in [0, 0.05) is 49.5 Å². The Morgan fingerprint density at radius 1 is 1.24 bits per heavy atom. The quantitative estimate of drug-likeness (QED) is 0.236. The van der Waals surface area contributed by atoms with Crippen LogP contribution in [-0.4, -0.2) is 52.6 Å². The molecule has 0 radical (unpaired) electrons. The van der Waals surface area contributed by atoms with Gasteiger partial charge in [-0.05, 0) is 49.5 Å². The van der Waals surface area contributed by atoms with E-state index in [4.69, 9.17) is 15.9 Å². The van der Waals surface area contributed by atoms with Gasteiger partial charge in [-0.15, -0.1) is 0 Å². The molecule has 2 fully saturated rings. The predicted molar refractivity (Wildman–Crippen MR) is 148 cm³/mol. The highest BCUT2D eigenvalue weighted by Crippen LogP contribution is 2.57. The van der Waals surface area contributed by atoms with Crippen LogP contribution in [0.4, 0.5) is 19.1 Å². The van der Waals surface area contributed by atoms with E-state index in [2.05, 4.69) is 20.3 Å². The minimum absolute atomic E-state index is 0.00426. The predicted octanol–water partition coefficient (Wildman–Crippen LogP) is 4.64. The fraction of sp³-hybridized carbons (Fsp3) is 0.379. The molecule has 1 aliphatic heterocycles. The van der Waals surface area contributed by atoms with Crippen LogP contribution in [0.2, 0.25) is 0 Å². The molecule has 4 rings (SSSR count). The lowest BCUT2D eigenvalue weighted by atomic mass is 9.92. The Labute approximate surface area is 235 Å². The van der Waals surface area contributed by atoms with Crippen LogP contribution in [0.5, 0.6) is 0 Å². The second kappa shape index (κ2) is 12.1. The lowest BCUT2D eigenvalue weighted by molar-refractivity contribution is -0.134. The number of halogens is 3. The van der Waals surface area contributed by atoms with Gasteiger partial charge in [-0.2, -0.15) is 0 Å². The summed E-state index contributed by atoms with van der Waals surface area (Å²) in [5.41, 5.74) is 3.59. The molecule has 216 valence electrons. The number of anilines is 1. The Balaban J connectivity index is 1.38. The number of carbonyl (C=O) groups excluding carboxylic acids is 2. The number of aliphatic imine (C=N–C) groups is 1. The highest BCUT2D eigenvalue weighted by Gasteiger charge is 2.63. The SMILES string of the molecule is CC=N/C(=C\CC1COC1)Nc1ncc(-c2ccc(CC(=O)C(=N)C(N)=CC(=O)C3(C(C)(F)F)CC3)c(F)c2)cn1. The summed E-state index contributed by atoms with van der Waals surface area (Å²) < 4.78 is 47.7. The van der Waals surface area contributed by atoms with Crippen molar-refractivity contribution >= 4 is 29.4 Å². The van der Waals surface area contributed by atoms with E-state index in [1.807, 2.05) is 6.08 Å². The lowest BCUT2D eigenvalue weighted by Gasteiger charge is -2.24. The first-order valence-corrected chi connectivity index (χ1v) is 13.1. The molecule has 1 saturated heterocycles. The first kappa shape index (κ1) is 29.8. The third-order valence-electron chi connectivity index (χ3n) is 7.17. The van der Waals surface area contributed by atoms with Crippen molar-refractivity contribution in [3.63, 3.8) is 0 Å². The number of hydrogen-bond acceptors (Lipinski definition) is 9. The van der Waals surface area contributed by atoms with Gasteiger partial charge in [0.25, 0.3) is 5.92 Å². The van der Waals surface area contributed by atoms with Crippen LogP contribution < -0.4 is 11.1 Å². The molecule has 2 heterocycles. The fourth-order valence-electron chi connectivity index (χ4n) is 4.30. The Morgan fingerprint density at radius 3 is 2.46 bits per heavy atom. The number of Topliss-reactive ketones (excluding diaryl/α,β-unsaturated/α-hetero) is 1. The van der Waals surface area contributed by atoms with Crippen LogP contribution >= 0.6 is 0 Å². The van der Waals surface area contributed by atoms with Crippen molar-refractivity contribution in [2.75, 3.05) is 18.5 Å². The molecule has 0 bridgehead atoms. The number of carbonyl (C=O) groups is 2. The van der Waals surface area contributed by atoms with E-state index in [-0.39, 0.29) is 18.4 Å².